The molecule has 102 valence electrons. The zero-order valence-electron chi connectivity index (χ0n) is 9.68. The fourth-order valence-corrected chi connectivity index (χ4v) is 1.62. The van der Waals surface area contributed by atoms with Crippen molar-refractivity contribution in [1.29, 1.82) is 0 Å². The first-order chi connectivity index (χ1) is 8.42. The first-order valence-corrected chi connectivity index (χ1v) is 5.92. The predicted molar refractivity (Wildman–Crippen MR) is 64.4 cm³/mol. The van der Waals surface area contributed by atoms with Crippen molar-refractivity contribution < 1.29 is 22.6 Å². The first kappa shape index (κ1) is 15.3. The van der Waals surface area contributed by atoms with Gasteiger partial charge in [-0.15, -0.1) is 0 Å². The summed E-state index contributed by atoms with van der Waals surface area (Å²) in [4.78, 5) is 0. The van der Waals surface area contributed by atoms with Crippen LogP contribution in [0.25, 0.3) is 0 Å². The van der Waals surface area contributed by atoms with Gasteiger partial charge in [0.05, 0.1) is 0 Å². The van der Waals surface area contributed by atoms with E-state index in [0.29, 0.717) is 12.3 Å². The van der Waals surface area contributed by atoms with Crippen LogP contribution in [0.4, 0.5) is 13.2 Å². The molecule has 0 unspecified atom stereocenters. The number of ether oxygens (including phenoxy) is 2. The summed E-state index contributed by atoms with van der Waals surface area (Å²) in [7, 11) is 1.80. The molecule has 0 aliphatic rings. The molecule has 0 saturated heterocycles. The van der Waals surface area contributed by atoms with E-state index in [9.17, 15) is 13.2 Å². The minimum Gasteiger partial charge on any atom is -0.468 e. The highest BCUT2D eigenvalue weighted by Gasteiger charge is 2.27. The number of rotatable bonds is 6. The van der Waals surface area contributed by atoms with Gasteiger partial charge in [-0.2, -0.15) is 13.2 Å². The SMILES string of the molecule is CNCc1cc(OCOCC(F)(F)F)ccc1Br. The molecule has 0 atom stereocenters. The van der Waals surface area contributed by atoms with Gasteiger partial charge in [-0.05, 0) is 30.8 Å². The van der Waals surface area contributed by atoms with E-state index < -0.39 is 19.6 Å². The van der Waals surface area contributed by atoms with E-state index in [0.717, 1.165) is 10.0 Å². The summed E-state index contributed by atoms with van der Waals surface area (Å²) in [5.74, 6) is 0.464. The quantitative estimate of drug-likeness (QED) is 0.643. The molecule has 1 aromatic carbocycles. The van der Waals surface area contributed by atoms with Gasteiger partial charge in [0.2, 0.25) is 0 Å². The fraction of sp³-hybridized carbons (Fsp3) is 0.455. The molecule has 0 aliphatic carbocycles. The van der Waals surface area contributed by atoms with E-state index in [1.165, 1.54) is 0 Å². The van der Waals surface area contributed by atoms with Gasteiger partial charge < -0.3 is 14.8 Å². The standard InChI is InChI=1S/C11H13BrF3NO2/c1-16-5-8-4-9(2-3-10(8)12)18-7-17-6-11(13,14)15/h2-4,16H,5-7H2,1H3. The van der Waals surface area contributed by atoms with E-state index >= 15 is 0 Å². The van der Waals surface area contributed by atoms with Crippen LogP contribution in [-0.4, -0.2) is 26.6 Å². The van der Waals surface area contributed by atoms with Crippen molar-refractivity contribution in [1.82, 2.24) is 5.32 Å². The highest BCUT2D eigenvalue weighted by molar-refractivity contribution is 9.10. The molecular weight excluding hydrogens is 315 g/mol. The highest BCUT2D eigenvalue weighted by Crippen LogP contribution is 2.22. The molecule has 0 radical (unpaired) electrons. The topological polar surface area (TPSA) is 30.5 Å². The lowest BCUT2D eigenvalue weighted by Gasteiger charge is -2.11. The Hall–Kier alpha value is -0.790. The largest absolute Gasteiger partial charge is 0.468 e. The van der Waals surface area contributed by atoms with Crippen molar-refractivity contribution in [2.24, 2.45) is 0 Å². The summed E-state index contributed by atoms with van der Waals surface area (Å²) in [6.07, 6.45) is -4.33. The van der Waals surface area contributed by atoms with E-state index in [2.05, 4.69) is 26.0 Å². The Kier molecular flexibility index (Phi) is 5.90. The molecule has 0 saturated carbocycles. The maximum atomic E-state index is 11.8. The van der Waals surface area contributed by atoms with Gasteiger partial charge in [0, 0.05) is 11.0 Å². The monoisotopic (exact) mass is 327 g/mol. The lowest BCUT2D eigenvalue weighted by molar-refractivity contribution is -0.186. The number of alkyl halides is 3. The Balaban J connectivity index is 2.45. The van der Waals surface area contributed by atoms with Crippen LogP contribution >= 0.6 is 15.9 Å². The first-order valence-electron chi connectivity index (χ1n) is 5.12. The van der Waals surface area contributed by atoms with Gasteiger partial charge in [0.1, 0.15) is 12.4 Å². The second-order valence-corrected chi connectivity index (χ2v) is 4.36. The van der Waals surface area contributed by atoms with Crippen molar-refractivity contribution in [3.8, 4) is 5.75 Å². The van der Waals surface area contributed by atoms with Crippen LogP contribution in [-0.2, 0) is 11.3 Å². The average molecular weight is 328 g/mol. The number of hydrogen-bond acceptors (Lipinski definition) is 3. The molecule has 0 spiro atoms. The lowest BCUT2D eigenvalue weighted by Crippen LogP contribution is -2.19. The van der Waals surface area contributed by atoms with Crippen molar-refractivity contribution in [2.75, 3.05) is 20.4 Å². The molecule has 7 heteroatoms. The second-order valence-electron chi connectivity index (χ2n) is 3.51. The zero-order chi connectivity index (χ0) is 13.6. The summed E-state index contributed by atoms with van der Waals surface area (Å²) >= 11 is 3.36. The van der Waals surface area contributed by atoms with Crippen LogP contribution in [0.3, 0.4) is 0 Å². The fourth-order valence-electron chi connectivity index (χ4n) is 1.23. The molecule has 0 aromatic heterocycles. The molecule has 0 fully saturated rings. The Morgan fingerprint density at radius 2 is 2.06 bits per heavy atom. The highest BCUT2D eigenvalue weighted by atomic mass is 79.9. The summed E-state index contributed by atoms with van der Waals surface area (Å²) in [5, 5.41) is 2.97. The van der Waals surface area contributed by atoms with Crippen molar-refractivity contribution in [2.45, 2.75) is 12.7 Å². The molecule has 1 rings (SSSR count). The minimum atomic E-state index is -4.33. The van der Waals surface area contributed by atoms with Gasteiger partial charge in [0.15, 0.2) is 6.79 Å². The van der Waals surface area contributed by atoms with Crippen LogP contribution in [0.2, 0.25) is 0 Å². The number of benzene rings is 1. The second kappa shape index (κ2) is 6.96. The van der Waals surface area contributed by atoms with Gasteiger partial charge in [-0.1, -0.05) is 15.9 Å². The van der Waals surface area contributed by atoms with Crippen LogP contribution in [0, 0.1) is 0 Å². The van der Waals surface area contributed by atoms with Crippen LogP contribution in [0.1, 0.15) is 5.56 Å². The Morgan fingerprint density at radius 3 is 2.67 bits per heavy atom. The van der Waals surface area contributed by atoms with Crippen LogP contribution < -0.4 is 10.1 Å². The minimum absolute atomic E-state index is 0.430. The van der Waals surface area contributed by atoms with Gasteiger partial charge in [-0.25, -0.2) is 0 Å². The van der Waals surface area contributed by atoms with Gasteiger partial charge >= 0.3 is 6.18 Å². The van der Waals surface area contributed by atoms with Crippen LogP contribution in [0.5, 0.6) is 5.75 Å². The summed E-state index contributed by atoms with van der Waals surface area (Å²) in [6, 6.07) is 5.16. The van der Waals surface area contributed by atoms with Crippen LogP contribution in [0.15, 0.2) is 22.7 Å². The van der Waals surface area contributed by atoms with E-state index in [1.54, 1.807) is 25.2 Å². The van der Waals surface area contributed by atoms with E-state index in [4.69, 9.17) is 4.74 Å². The van der Waals surface area contributed by atoms with Gasteiger partial charge in [0.25, 0.3) is 0 Å². The Morgan fingerprint density at radius 1 is 1.33 bits per heavy atom. The molecular formula is C11H13BrF3NO2. The third kappa shape index (κ3) is 5.70. The molecule has 3 nitrogen and oxygen atoms in total. The van der Waals surface area contributed by atoms with Crippen molar-refractivity contribution in [3.63, 3.8) is 0 Å². The maximum absolute atomic E-state index is 11.8. The number of nitrogens with one attached hydrogen (secondary N) is 1. The van der Waals surface area contributed by atoms with Crippen molar-refractivity contribution in [3.05, 3.63) is 28.2 Å². The number of halogens is 4. The molecule has 0 aliphatic heterocycles. The van der Waals surface area contributed by atoms with Crippen molar-refractivity contribution >= 4 is 15.9 Å². The normalized spacial score (nSPS) is 11.6. The number of hydrogen-bond donors (Lipinski definition) is 1. The average Bonchev–Trinajstić information content (AvgIpc) is 2.28. The van der Waals surface area contributed by atoms with E-state index in [-0.39, 0.29) is 0 Å². The molecule has 0 amide bonds. The third-order valence-corrected chi connectivity index (χ3v) is 2.73. The summed E-state index contributed by atoms with van der Waals surface area (Å²) in [6.45, 7) is -1.12. The Labute approximate surface area is 111 Å². The lowest BCUT2D eigenvalue weighted by atomic mass is 10.2. The molecule has 18 heavy (non-hydrogen) atoms. The Bertz CT molecular complexity index is 385. The van der Waals surface area contributed by atoms with Gasteiger partial charge in [-0.3, -0.25) is 0 Å². The zero-order valence-corrected chi connectivity index (χ0v) is 11.3. The smallest absolute Gasteiger partial charge is 0.411 e. The van der Waals surface area contributed by atoms with E-state index in [1.807, 2.05) is 0 Å². The molecule has 0 heterocycles. The summed E-state index contributed by atoms with van der Waals surface area (Å²) in [5.41, 5.74) is 0.950. The predicted octanol–water partition coefficient (Wildman–Crippen LogP) is 3.08. The molecule has 0 bridgehead atoms. The third-order valence-electron chi connectivity index (χ3n) is 1.96. The molecule has 1 N–H and O–H groups in total. The maximum Gasteiger partial charge on any atom is 0.411 e. The molecule has 1 aromatic rings. The summed E-state index contributed by atoms with van der Waals surface area (Å²) < 4.78 is 45.7.